The molecule has 2 amide bonds. The smallest absolute Gasteiger partial charge is 0.251 e. The zero-order valence-electron chi connectivity index (χ0n) is 15.9. The van der Waals surface area contributed by atoms with Crippen LogP contribution in [0.3, 0.4) is 0 Å². The van der Waals surface area contributed by atoms with Crippen LogP contribution in [0.25, 0.3) is 11.1 Å². The molecule has 1 aromatic heterocycles. The van der Waals surface area contributed by atoms with Crippen LogP contribution in [0.15, 0.2) is 42.7 Å². The summed E-state index contributed by atoms with van der Waals surface area (Å²) in [6.07, 6.45) is 6.07. The predicted molar refractivity (Wildman–Crippen MR) is 109 cm³/mol. The minimum Gasteiger partial charge on any atom is -0.398 e. The molecule has 7 heteroatoms. The van der Waals surface area contributed by atoms with E-state index in [1.165, 1.54) is 0 Å². The molecule has 0 spiro atoms. The van der Waals surface area contributed by atoms with Gasteiger partial charge in [-0.15, -0.1) is 0 Å². The zero-order chi connectivity index (χ0) is 19.9. The van der Waals surface area contributed by atoms with Crippen LogP contribution in [-0.2, 0) is 4.79 Å². The first kappa shape index (κ1) is 19.8. The molecule has 1 aliphatic heterocycles. The Morgan fingerprint density at radius 3 is 2.71 bits per heavy atom. The normalized spacial score (nSPS) is 17.2. The van der Waals surface area contributed by atoms with E-state index in [-0.39, 0.29) is 17.7 Å². The molecule has 2 aromatic rings. The van der Waals surface area contributed by atoms with E-state index in [0.717, 1.165) is 50.0 Å². The van der Waals surface area contributed by atoms with E-state index in [9.17, 15) is 9.59 Å². The SMILES string of the molecule is NC(=O)[C@@H]1CCCN(CCCNC(=O)c2ccc(-c3cnccc3N)cc2)C1. The highest BCUT2D eigenvalue weighted by atomic mass is 16.2. The average molecular weight is 381 g/mol. The Kier molecular flexibility index (Phi) is 6.60. The van der Waals surface area contributed by atoms with Crippen LogP contribution < -0.4 is 16.8 Å². The number of carbonyl (C=O) groups is 2. The third kappa shape index (κ3) is 5.07. The Morgan fingerprint density at radius 1 is 1.21 bits per heavy atom. The summed E-state index contributed by atoms with van der Waals surface area (Å²) in [6.45, 7) is 3.15. The minimum absolute atomic E-state index is 0.0456. The van der Waals surface area contributed by atoms with Gasteiger partial charge in [-0.25, -0.2) is 0 Å². The molecule has 1 fully saturated rings. The van der Waals surface area contributed by atoms with Crippen molar-refractivity contribution in [2.45, 2.75) is 19.3 Å². The lowest BCUT2D eigenvalue weighted by atomic mass is 9.97. The van der Waals surface area contributed by atoms with E-state index < -0.39 is 0 Å². The summed E-state index contributed by atoms with van der Waals surface area (Å²) in [4.78, 5) is 30.0. The van der Waals surface area contributed by atoms with Gasteiger partial charge in [0.2, 0.25) is 5.91 Å². The van der Waals surface area contributed by atoms with Crippen molar-refractivity contribution in [3.05, 3.63) is 48.3 Å². The van der Waals surface area contributed by atoms with Gasteiger partial charge in [-0.3, -0.25) is 14.6 Å². The molecule has 2 heterocycles. The third-order valence-corrected chi connectivity index (χ3v) is 5.16. The number of anilines is 1. The number of aromatic nitrogens is 1. The quantitative estimate of drug-likeness (QED) is 0.631. The molecule has 148 valence electrons. The van der Waals surface area contributed by atoms with Gasteiger partial charge in [0.05, 0.1) is 5.92 Å². The molecule has 28 heavy (non-hydrogen) atoms. The maximum atomic E-state index is 12.3. The molecule has 7 nitrogen and oxygen atoms in total. The van der Waals surface area contributed by atoms with Gasteiger partial charge in [0.15, 0.2) is 0 Å². The van der Waals surface area contributed by atoms with E-state index in [4.69, 9.17) is 11.5 Å². The van der Waals surface area contributed by atoms with E-state index in [1.54, 1.807) is 30.6 Å². The van der Waals surface area contributed by atoms with Gasteiger partial charge in [-0.1, -0.05) is 12.1 Å². The number of benzene rings is 1. The van der Waals surface area contributed by atoms with Crippen molar-refractivity contribution in [3.8, 4) is 11.1 Å². The largest absolute Gasteiger partial charge is 0.398 e. The van der Waals surface area contributed by atoms with E-state index >= 15 is 0 Å². The number of nitrogens with two attached hydrogens (primary N) is 2. The number of primary amides is 1. The summed E-state index contributed by atoms with van der Waals surface area (Å²) in [5, 5.41) is 2.95. The number of rotatable bonds is 7. The van der Waals surface area contributed by atoms with Crippen molar-refractivity contribution in [3.63, 3.8) is 0 Å². The number of likely N-dealkylation sites (tertiary alicyclic amines) is 1. The Labute approximate surface area is 165 Å². The van der Waals surface area contributed by atoms with E-state index in [0.29, 0.717) is 17.8 Å². The number of amides is 2. The Morgan fingerprint density at radius 2 is 2.00 bits per heavy atom. The van der Waals surface area contributed by atoms with Gasteiger partial charge in [0.25, 0.3) is 5.91 Å². The number of pyridine rings is 1. The standard InChI is InChI=1S/C21H27N5O2/c22-19-8-10-24-13-18(19)15-4-6-16(7-5-15)21(28)25-9-2-12-26-11-1-3-17(14-26)20(23)27/h4-8,10,13,17H,1-3,9,11-12,14H2,(H2,22,24)(H2,23,27)(H,25,28)/t17-/m1/s1. The molecule has 1 atom stereocenters. The molecule has 5 N–H and O–H groups in total. The lowest BCUT2D eigenvalue weighted by Crippen LogP contribution is -2.42. The first-order valence-electron chi connectivity index (χ1n) is 9.64. The highest BCUT2D eigenvalue weighted by Crippen LogP contribution is 2.24. The van der Waals surface area contributed by atoms with Gasteiger partial charge in [0, 0.05) is 42.3 Å². The van der Waals surface area contributed by atoms with Crippen molar-refractivity contribution < 1.29 is 9.59 Å². The van der Waals surface area contributed by atoms with Crippen LogP contribution >= 0.6 is 0 Å². The lowest BCUT2D eigenvalue weighted by molar-refractivity contribution is -0.123. The number of nitrogens with one attached hydrogen (secondary N) is 1. The van der Waals surface area contributed by atoms with Crippen molar-refractivity contribution in [1.29, 1.82) is 0 Å². The molecule has 1 saturated heterocycles. The fourth-order valence-electron chi connectivity index (χ4n) is 3.55. The number of piperidine rings is 1. The van der Waals surface area contributed by atoms with Gasteiger partial charge in [-0.05, 0) is 56.1 Å². The van der Waals surface area contributed by atoms with E-state index in [1.807, 2.05) is 12.1 Å². The first-order valence-corrected chi connectivity index (χ1v) is 9.64. The molecule has 0 aliphatic carbocycles. The zero-order valence-corrected chi connectivity index (χ0v) is 15.9. The molecular formula is C21H27N5O2. The monoisotopic (exact) mass is 381 g/mol. The second-order valence-corrected chi connectivity index (χ2v) is 7.19. The average Bonchev–Trinajstić information content (AvgIpc) is 2.72. The Hall–Kier alpha value is -2.93. The van der Waals surface area contributed by atoms with Crippen molar-refractivity contribution in [2.24, 2.45) is 11.7 Å². The number of nitrogens with zero attached hydrogens (tertiary/aromatic N) is 2. The first-order chi connectivity index (χ1) is 13.5. The van der Waals surface area contributed by atoms with Crippen LogP contribution in [0, 0.1) is 5.92 Å². The second-order valence-electron chi connectivity index (χ2n) is 7.19. The highest BCUT2D eigenvalue weighted by Gasteiger charge is 2.23. The van der Waals surface area contributed by atoms with Gasteiger partial charge in [-0.2, -0.15) is 0 Å². The van der Waals surface area contributed by atoms with Crippen LogP contribution in [0.5, 0.6) is 0 Å². The maximum absolute atomic E-state index is 12.3. The van der Waals surface area contributed by atoms with Crippen LogP contribution in [-0.4, -0.2) is 47.9 Å². The van der Waals surface area contributed by atoms with Gasteiger partial charge >= 0.3 is 0 Å². The maximum Gasteiger partial charge on any atom is 0.251 e. The Bertz CT molecular complexity index is 822. The summed E-state index contributed by atoms with van der Waals surface area (Å²) in [7, 11) is 0. The number of nitrogen functional groups attached to an aromatic ring is 1. The van der Waals surface area contributed by atoms with Crippen LogP contribution in [0.2, 0.25) is 0 Å². The molecule has 1 aliphatic rings. The fraction of sp³-hybridized carbons (Fsp3) is 0.381. The summed E-state index contributed by atoms with van der Waals surface area (Å²) in [5.74, 6) is -0.357. The summed E-state index contributed by atoms with van der Waals surface area (Å²) < 4.78 is 0. The van der Waals surface area contributed by atoms with Gasteiger partial charge < -0.3 is 21.7 Å². The molecule has 3 rings (SSSR count). The van der Waals surface area contributed by atoms with Crippen LogP contribution in [0.4, 0.5) is 5.69 Å². The Balaban J connectivity index is 1.45. The number of carbonyl (C=O) groups excluding carboxylic acids is 2. The minimum atomic E-state index is -0.213. The predicted octanol–water partition coefficient (Wildman–Crippen LogP) is 1.65. The number of hydrogen-bond donors (Lipinski definition) is 3. The van der Waals surface area contributed by atoms with Crippen molar-refractivity contribution in [1.82, 2.24) is 15.2 Å². The van der Waals surface area contributed by atoms with Crippen molar-refractivity contribution in [2.75, 3.05) is 31.9 Å². The summed E-state index contributed by atoms with van der Waals surface area (Å²) >= 11 is 0. The third-order valence-electron chi connectivity index (χ3n) is 5.16. The molecule has 0 bridgehead atoms. The highest BCUT2D eigenvalue weighted by molar-refractivity contribution is 5.94. The molecule has 0 radical (unpaired) electrons. The number of hydrogen-bond acceptors (Lipinski definition) is 5. The van der Waals surface area contributed by atoms with E-state index in [2.05, 4.69) is 15.2 Å². The molecule has 1 aromatic carbocycles. The lowest BCUT2D eigenvalue weighted by Gasteiger charge is -2.31. The molecular weight excluding hydrogens is 354 g/mol. The fourth-order valence-corrected chi connectivity index (χ4v) is 3.55. The topological polar surface area (TPSA) is 114 Å². The molecule has 0 saturated carbocycles. The van der Waals surface area contributed by atoms with Gasteiger partial charge in [0.1, 0.15) is 0 Å². The molecule has 0 unspecified atom stereocenters. The summed E-state index contributed by atoms with van der Waals surface area (Å²) in [5.41, 5.74) is 14.4. The second kappa shape index (κ2) is 9.32. The summed E-state index contributed by atoms with van der Waals surface area (Å²) in [6, 6.07) is 9.09. The van der Waals surface area contributed by atoms with Crippen molar-refractivity contribution >= 4 is 17.5 Å². The van der Waals surface area contributed by atoms with Crippen LogP contribution in [0.1, 0.15) is 29.6 Å².